The summed E-state index contributed by atoms with van der Waals surface area (Å²) in [7, 11) is 0. The predicted molar refractivity (Wildman–Crippen MR) is 93.7 cm³/mol. The summed E-state index contributed by atoms with van der Waals surface area (Å²) in [6.45, 7) is 11.9. The molecule has 1 fully saturated rings. The van der Waals surface area contributed by atoms with Crippen molar-refractivity contribution in [1.29, 1.82) is 0 Å². The number of rotatable bonds is 6. The maximum atomic E-state index is 4.80. The Bertz CT molecular complexity index is 450. The van der Waals surface area contributed by atoms with Crippen LogP contribution in [0.2, 0.25) is 0 Å². The number of aromatic nitrogens is 2. The molecule has 1 atom stereocenters. The van der Waals surface area contributed by atoms with Gasteiger partial charge >= 0.3 is 0 Å². The van der Waals surface area contributed by atoms with Crippen molar-refractivity contribution in [1.82, 2.24) is 9.97 Å². The van der Waals surface area contributed by atoms with Crippen molar-refractivity contribution in [2.75, 3.05) is 35.6 Å². The van der Waals surface area contributed by atoms with Crippen LogP contribution < -0.4 is 10.2 Å². The number of hydrogen-bond acceptors (Lipinski definition) is 5. The topological polar surface area (TPSA) is 41.0 Å². The Morgan fingerprint density at radius 2 is 2.19 bits per heavy atom. The van der Waals surface area contributed by atoms with Crippen molar-refractivity contribution in [2.45, 2.75) is 51.7 Å². The summed E-state index contributed by atoms with van der Waals surface area (Å²) in [4.78, 5) is 11.9. The summed E-state index contributed by atoms with van der Waals surface area (Å²) in [5, 5.41) is 4.14. The molecule has 21 heavy (non-hydrogen) atoms. The summed E-state index contributed by atoms with van der Waals surface area (Å²) in [5.41, 5.74) is 0. The fraction of sp³-hybridized carbons (Fsp3) is 0.750. The van der Waals surface area contributed by atoms with E-state index in [4.69, 9.17) is 4.98 Å². The number of nitrogens with one attached hydrogen (secondary N) is 1. The van der Waals surface area contributed by atoms with E-state index in [-0.39, 0.29) is 0 Å². The van der Waals surface area contributed by atoms with Gasteiger partial charge in [-0.15, -0.1) is 0 Å². The van der Waals surface area contributed by atoms with Gasteiger partial charge in [-0.05, 0) is 12.8 Å². The predicted octanol–water partition coefficient (Wildman–Crippen LogP) is 3.75. The fourth-order valence-electron chi connectivity index (χ4n) is 2.39. The highest BCUT2D eigenvalue weighted by Gasteiger charge is 2.21. The van der Waals surface area contributed by atoms with Gasteiger partial charge in [-0.25, -0.2) is 9.97 Å². The maximum Gasteiger partial charge on any atom is 0.135 e. The largest absolute Gasteiger partial charge is 0.370 e. The smallest absolute Gasteiger partial charge is 0.135 e. The van der Waals surface area contributed by atoms with E-state index >= 15 is 0 Å². The first kappa shape index (κ1) is 16.4. The maximum absolute atomic E-state index is 4.80. The normalized spacial score (nSPS) is 19.1. The number of nitrogens with zero attached hydrogens (tertiary/aromatic N) is 3. The van der Waals surface area contributed by atoms with E-state index < -0.39 is 0 Å². The van der Waals surface area contributed by atoms with Crippen molar-refractivity contribution in [3.05, 3.63) is 11.9 Å². The second kappa shape index (κ2) is 7.87. The first-order valence-corrected chi connectivity index (χ1v) is 9.18. The van der Waals surface area contributed by atoms with Gasteiger partial charge in [-0.2, -0.15) is 11.8 Å². The zero-order valence-electron chi connectivity index (χ0n) is 13.7. The molecule has 1 saturated heterocycles. The molecule has 0 spiro atoms. The van der Waals surface area contributed by atoms with Crippen LogP contribution in [0.4, 0.5) is 11.6 Å². The molecule has 0 bridgehead atoms. The van der Waals surface area contributed by atoms with Crippen molar-refractivity contribution >= 4 is 23.4 Å². The molecule has 1 N–H and O–H groups in total. The third kappa shape index (κ3) is 4.50. The molecule has 0 aliphatic carbocycles. The van der Waals surface area contributed by atoms with Crippen molar-refractivity contribution < 1.29 is 0 Å². The Balaban J connectivity index is 2.22. The lowest BCUT2D eigenvalue weighted by atomic mass is 10.2. The monoisotopic (exact) mass is 308 g/mol. The van der Waals surface area contributed by atoms with Crippen molar-refractivity contribution in [2.24, 2.45) is 0 Å². The SMILES string of the molecule is CCCNc1cc(N2CCSC(CC)C2)nc(C(C)C)n1. The Morgan fingerprint density at radius 1 is 1.38 bits per heavy atom. The van der Waals surface area contributed by atoms with Crippen LogP contribution in [-0.2, 0) is 0 Å². The summed E-state index contributed by atoms with van der Waals surface area (Å²) in [6, 6.07) is 2.12. The second-order valence-electron chi connectivity index (χ2n) is 5.90. The highest BCUT2D eigenvalue weighted by Crippen LogP contribution is 2.27. The van der Waals surface area contributed by atoms with Crippen LogP contribution in [0.5, 0.6) is 0 Å². The summed E-state index contributed by atoms with van der Waals surface area (Å²) in [6.07, 6.45) is 2.33. The molecule has 1 aromatic heterocycles. The van der Waals surface area contributed by atoms with E-state index in [1.54, 1.807) is 0 Å². The quantitative estimate of drug-likeness (QED) is 0.866. The highest BCUT2D eigenvalue weighted by atomic mass is 32.2. The van der Waals surface area contributed by atoms with Gasteiger partial charge in [-0.3, -0.25) is 0 Å². The number of hydrogen-bond donors (Lipinski definition) is 1. The lowest BCUT2D eigenvalue weighted by molar-refractivity contribution is 0.705. The molecule has 0 saturated carbocycles. The van der Waals surface area contributed by atoms with Crippen LogP contribution in [0.15, 0.2) is 6.07 Å². The number of anilines is 2. The van der Waals surface area contributed by atoms with Gasteiger partial charge in [0.05, 0.1) is 0 Å². The van der Waals surface area contributed by atoms with E-state index in [1.807, 2.05) is 0 Å². The summed E-state index contributed by atoms with van der Waals surface area (Å²) < 4.78 is 0. The number of thioether (sulfide) groups is 1. The fourth-order valence-corrected chi connectivity index (χ4v) is 3.57. The van der Waals surface area contributed by atoms with Crippen LogP contribution in [-0.4, -0.2) is 40.6 Å². The molecule has 1 aliphatic rings. The van der Waals surface area contributed by atoms with Crippen LogP contribution in [0.25, 0.3) is 0 Å². The molecule has 2 heterocycles. The van der Waals surface area contributed by atoms with E-state index in [2.05, 4.69) is 60.7 Å². The Hall–Kier alpha value is -0.970. The van der Waals surface area contributed by atoms with E-state index in [1.165, 1.54) is 12.2 Å². The van der Waals surface area contributed by atoms with Crippen molar-refractivity contribution in [3.8, 4) is 0 Å². The van der Waals surface area contributed by atoms with Gasteiger partial charge in [0.2, 0.25) is 0 Å². The lowest BCUT2D eigenvalue weighted by Gasteiger charge is -2.33. The van der Waals surface area contributed by atoms with Crippen molar-refractivity contribution in [3.63, 3.8) is 0 Å². The molecular formula is C16H28N4S. The van der Waals surface area contributed by atoms with Gasteiger partial charge in [0.1, 0.15) is 17.5 Å². The van der Waals surface area contributed by atoms with E-state index in [9.17, 15) is 0 Å². The molecule has 1 unspecified atom stereocenters. The van der Waals surface area contributed by atoms with Crippen LogP contribution in [0, 0.1) is 0 Å². The van der Waals surface area contributed by atoms with Crippen LogP contribution in [0.1, 0.15) is 52.3 Å². The molecule has 118 valence electrons. The Kier molecular flexibility index (Phi) is 6.15. The zero-order chi connectivity index (χ0) is 15.2. The van der Waals surface area contributed by atoms with Gasteiger partial charge in [0.15, 0.2) is 0 Å². The first-order valence-electron chi connectivity index (χ1n) is 8.13. The van der Waals surface area contributed by atoms with E-state index in [0.29, 0.717) is 5.92 Å². The average molecular weight is 308 g/mol. The average Bonchev–Trinajstić information content (AvgIpc) is 2.52. The third-order valence-electron chi connectivity index (χ3n) is 3.72. The summed E-state index contributed by atoms with van der Waals surface area (Å²) in [5.74, 6) is 4.55. The van der Waals surface area contributed by atoms with Gasteiger partial charge in [-0.1, -0.05) is 27.7 Å². The lowest BCUT2D eigenvalue weighted by Crippen LogP contribution is -2.38. The van der Waals surface area contributed by atoms with Gasteiger partial charge in [0.25, 0.3) is 0 Å². The van der Waals surface area contributed by atoms with Gasteiger partial charge < -0.3 is 10.2 Å². The molecule has 0 amide bonds. The molecule has 4 nitrogen and oxygen atoms in total. The minimum absolute atomic E-state index is 0.355. The molecule has 1 aromatic rings. The van der Waals surface area contributed by atoms with E-state index in [0.717, 1.165) is 48.8 Å². The molecule has 5 heteroatoms. The second-order valence-corrected chi connectivity index (χ2v) is 7.31. The molecule has 1 aliphatic heterocycles. The molecule has 0 radical (unpaired) electrons. The first-order chi connectivity index (χ1) is 10.1. The molecule has 0 aromatic carbocycles. The molecular weight excluding hydrogens is 280 g/mol. The van der Waals surface area contributed by atoms with Crippen LogP contribution >= 0.6 is 11.8 Å². The molecule has 2 rings (SSSR count). The standard InChI is InChI=1S/C16H28N4S/c1-5-7-17-14-10-15(19-16(18-14)12(3)4)20-8-9-21-13(6-2)11-20/h10,12-13H,5-9,11H2,1-4H3,(H,17,18,19). The Labute approximate surface area is 133 Å². The Morgan fingerprint density at radius 3 is 2.86 bits per heavy atom. The highest BCUT2D eigenvalue weighted by molar-refractivity contribution is 8.00. The minimum atomic E-state index is 0.355. The minimum Gasteiger partial charge on any atom is -0.370 e. The van der Waals surface area contributed by atoms with Gasteiger partial charge in [0, 0.05) is 42.6 Å². The third-order valence-corrected chi connectivity index (χ3v) is 5.09. The summed E-state index contributed by atoms with van der Waals surface area (Å²) >= 11 is 2.09. The zero-order valence-corrected chi connectivity index (χ0v) is 14.5. The van der Waals surface area contributed by atoms with Crippen LogP contribution in [0.3, 0.4) is 0 Å².